The van der Waals surface area contributed by atoms with Gasteiger partial charge in [-0.05, 0) is 19.3 Å². The van der Waals surface area contributed by atoms with Crippen LogP contribution in [0.5, 0.6) is 0 Å². The molecule has 0 N–H and O–H groups in total. The van der Waals surface area contributed by atoms with E-state index in [9.17, 15) is 0 Å². The monoisotopic (exact) mass is 280 g/mol. The average molecular weight is 280 g/mol. The zero-order valence-corrected chi connectivity index (χ0v) is 14.1. The van der Waals surface area contributed by atoms with Crippen molar-refractivity contribution in [3.8, 4) is 0 Å². The summed E-state index contributed by atoms with van der Waals surface area (Å²) in [4.78, 5) is 4.95. The van der Waals surface area contributed by atoms with Gasteiger partial charge >= 0.3 is 0 Å². The van der Waals surface area contributed by atoms with Gasteiger partial charge in [-0.1, -0.05) is 65.2 Å². The van der Waals surface area contributed by atoms with E-state index < -0.39 is 0 Å². The van der Waals surface area contributed by atoms with E-state index in [4.69, 9.17) is 0 Å². The number of hydrogen-bond acceptors (Lipinski definition) is 2. The van der Waals surface area contributed by atoms with Gasteiger partial charge in [0.1, 0.15) is 6.17 Å². The normalized spacial score (nSPS) is 18.2. The number of unbranched alkanes of at least 4 members (excludes halogenated alkanes) is 8. The largest absolute Gasteiger partial charge is 0.359 e. The summed E-state index contributed by atoms with van der Waals surface area (Å²) >= 11 is 0. The molecule has 0 fully saturated rings. The van der Waals surface area contributed by atoms with Gasteiger partial charge in [0, 0.05) is 26.0 Å². The Kier molecular flexibility index (Phi) is 9.61. The maximum Gasteiger partial charge on any atom is 0.100 e. The van der Waals surface area contributed by atoms with E-state index in [1.807, 2.05) is 0 Å². The summed E-state index contributed by atoms with van der Waals surface area (Å²) in [5, 5.41) is 0. The van der Waals surface area contributed by atoms with E-state index in [-0.39, 0.29) is 0 Å². The van der Waals surface area contributed by atoms with Crippen LogP contribution in [0.15, 0.2) is 12.4 Å². The first-order valence-corrected chi connectivity index (χ1v) is 8.95. The maximum absolute atomic E-state index is 2.56. The van der Waals surface area contributed by atoms with Crippen LogP contribution in [0.4, 0.5) is 0 Å². The zero-order valence-electron chi connectivity index (χ0n) is 14.1. The third-order valence-electron chi connectivity index (χ3n) is 4.43. The Labute approximate surface area is 127 Å². The standard InChI is InChI=1S/C18H36N2/c1-4-6-8-10-11-12-14-18-19(3)16-17-20(18)15-13-9-7-5-2/h16-18H,4-15H2,1-3H3. The first kappa shape index (κ1) is 17.4. The van der Waals surface area contributed by atoms with Gasteiger partial charge in [0.2, 0.25) is 0 Å². The Morgan fingerprint density at radius 1 is 0.750 bits per heavy atom. The Morgan fingerprint density at radius 3 is 2.05 bits per heavy atom. The quantitative estimate of drug-likeness (QED) is 0.444. The lowest BCUT2D eigenvalue weighted by Gasteiger charge is -2.30. The van der Waals surface area contributed by atoms with Crippen LogP contribution in [0.1, 0.15) is 84.5 Å². The van der Waals surface area contributed by atoms with Crippen molar-refractivity contribution in [1.29, 1.82) is 0 Å². The highest BCUT2D eigenvalue weighted by Crippen LogP contribution is 2.21. The summed E-state index contributed by atoms with van der Waals surface area (Å²) in [6.45, 7) is 5.81. The van der Waals surface area contributed by atoms with Crippen molar-refractivity contribution >= 4 is 0 Å². The van der Waals surface area contributed by atoms with Crippen molar-refractivity contribution < 1.29 is 0 Å². The highest BCUT2D eigenvalue weighted by Gasteiger charge is 2.22. The summed E-state index contributed by atoms with van der Waals surface area (Å²) in [7, 11) is 2.23. The molecule has 0 aromatic heterocycles. The first-order chi connectivity index (χ1) is 9.79. The van der Waals surface area contributed by atoms with Crippen molar-refractivity contribution in [2.75, 3.05) is 13.6 Å². The lowest BCUT2D eigenvalue weighted by Crippen LogP contribution is -2.37. The Hall–Kier alpha value is -0.660. The fraction of sp³-hybridized carbons (Fsp3) is 0.889. The van der Waals surface area contributed by atoms with Crippen LogP contribution >= 0.6 is 0 Å². The van der Waals surface area contributed by atoms with E-state index >= 15 is 0 Å². The second-order valence-electron chi connectivity index (χ2n) is 6.30. The molecular formula is C18H36N2. The summed E-state index contributed by atoms with van der Waals surface area (Å²) in [5.74, 6) is 0. The van der Waals surface area contributed by atoms with Crippen LogP contribution in [-0.4, -0.2) is 29.6 Å². The first-order valence-electron chi connectivity index (χ1n) is 8.95. The van der Waals surface area contributed by atoms with Gasteiger partial charge in [-0.15, -0.1) is 0 Å². The van der Waals surface area contributed by atoms with Crippen molar-refractivity contribution in [2.24, 2.45) is 0 Å². The maximum atomic E-state index is 2.56. The molecular weight excluding hydrogens is 244 g/mol. The molecule has 1 atom stereocenters. The van der Waals surface area contributed by atoms with E-state index in [0.29, 0.717) is 6.17 Å². The van der Waals surface area contributed by atoms with E-state index in [1.54, 1.807) is 0 Å². The lowest BCUT2D eigenvalue weighted by atomic mass is 10.1. The Bertz CT molecular complexity index is 250. The SMILES string of the molecule is CCCCCCCCC1N(C)C=CN1CCCCCC. The van der Waals surface area contributed by atoms with Crippen LogP contribution in [0, 0.1) is 0 Å². The third kappa shape index (κ3) is 6.67. The van der Waals surface area contributed by atoms with Crippen LogP contribution in [0.3, 0.4) is 0 Å². The van der Waals surface area contributed by atoms with Gasteiger partial charge in [-0.2, -0.15) is 0 Å². The molecule has 2 nitrogen and oxygen atoms in total. The fourth-order valence-electron chi connectivity index (χ4n) is 3.04. The Balaban J connectivity index is 2.13. The van der Waals surface area contributed by atoms with Crippen LogP contribution in [0.2, 0.25) is 0 Å². The minimum atomic E-state index is 0.628. The van der Waals surface area contributed by atoms with E-state index in [2.05, 4.69) is 43.1 Å². The molecule has 0 aromatic carbocycles. The van der Waals surface area contributed by atoms with Crippen molar-refractivity contribution in [3.05, 3.63) is 12.4 Å². The van der Waals surface area contributed by atoms with E-state index in [0.717, 1.165) is 0 Å². The second kappa shape index (κ2) is 11.0. The molecule has 0 saturated carbocycles. The van der Waals surface area contributed by atoms with Gasteiger partial charge in [0.15, 0.2) is 0 Å². The topological polar surface area (TPSA) is 6.48 Å². The van der Waals surface area contributed by atoms with Crippen molar-refractivity contribution in [3.63, 3.8) is 0 Å². The highest BCUT2D eigenvalue weighted by molar-refractivity contribution is 4.95. The predicted molar refractivity (Wildman–Crippen MR) is 89.5 cm³/mol. The minimum Gasteiger partial charge on any atom is -0.359 e. The molecule has 20 heavy (non-hydrogen) atoms. The van der Waals surface area contributed by atoms with Gasteiger partial charge in [0.05, 0.1) is 0 Å². The van der Waals surface area contributed by atoms with Gasteiger partial charge in [-0.25, -0.2) is 0 Å². The Morgan fingerprint density at radius 2 is 1.35 bits per heavy atom. The molecule has 118 valence electrons. The molecule has 0 bridgehead atoms. The van der Waals surface area contributed by atoms with Gasteiger partial charge in [0.25, 0.3) is 0 Å². The third-order valence-corrected chi connectivity index (χ3v) is 4.43. The summed E-state index contributed by atoms with van der Waals surface area (Å²) in [6, 6.07) is 0. The number of nitrogens with zero attached hydrogens (tertiary/aromatic N) is 2. The zero-order chi connectivity index (χ0) is 14.6. The molecule has 0 aliphatic carbocycles. The molecule has 0 aromatic rings. The summed E-state index contributed by atoms with van der Waals surface area (Å²) in [5.41, 5.74) is 0. The molecule has 0 radical (unpaired) electrons. The van der Waals surface area contributed by atoms with Crippen LogP contribution in [0.25, 0.3) is 0 Å². The van der Waals surface area contributed by atoms with Crippen molar-refractivity contribution in [2.45, 2.75) is 90.6 Å². The predicted octanol–water partition coefficient (Wildman–Crippen LogP) is 5.36. The molecule has 0 spiro atoms. The smallest absolute Gasteiger partial charge is 0.100 e. The van der Waals surface area contributed by atoms with Gasteiger partial charge in [-0.3, -0.25) is 0 Å². The second-order valence-corrected chi connectivity index (χ2v) is 6.30. The summed E-state index contributed by atoms with van der Waals surface area (Å²) in [6.07, 6.45) is 20.3. The van der Waals surface area contributed by atoms with Gasteiger partial charge < -0.3 is 9.80 Å². The number of hydrogen-bond donors (Lipinski definition) is 0. The highest BCUT2D eigenvalue weighted by atomic mass is 15.4. The molecule has 1 unspecified atom stereocenters. The molecule has 1 aliphatic heterocycles. The number of rotatable bonds is 12. The van der Waals surface area contributed by atoms with Crippen LogP contribution in [-0.2, 0) is 0 Å². The molecule has 1 aliphatic rings. The summed E-state index contributed by atoms with van der Waals surface area (Å²) < 4.78 is 0. The molecule has 2 heteroatoms. The lowest BCUT2D eigenvalue weighted by molar-refractivity contribution is 0.159. The van der Waals surface area contributed by atoms with E-state index in [1.165, 1.54) is 77.2 Å². The molecule has 0 amide bonds. The fourth-order valence-corrected chi connectivity index (χ4v) is 3.04. The molecule has 1 rings (SSSR count). The molecule has 0 saturated heterocycles. The molecule has 1 heterocycles. The van der Waals surface area contributed by atoms with Crippen molar-refractivity contribution in [1.82, 2.24) is 9.80 Å². The van der Waals surface area contributed by atoms with Crippen LogP contribution < -0.4 is 0 Å². The minimum absolute atomic E-state index is 0.628. The average Bonchev–Trinajstić information content (AvgIpc) is 2.80.